The summed E-state index contributed by atoms with van der Waals surface area (Å²) >= 11 is 0. The normalized spacial score (nSPS) is 10.8. The predicted octanol–water partition coefficient (Wildman–Crippen LogP) is 3.24. The number of aromatic carboxylic acids is 1. The highest BCUT2D eigenvalue weighted by atomic mass is 16.4. The number of hydrogen-bond donors (Lipinski definition) is 2. The number of carboxylic acids is 1. The second kappa shape index (κ2) is 4.24. The number of hydrogen-bond acceptors (Lipinski definition) is 2. The number of carboxylic acid groups (broad SMARTS) is 1. The van der Waals surface area contributed by atoms with Gasteiger partial charge >= 0.3 is 5.97 Å². The maximum absolute atomic E-state index is 11.1. The summed E-state index contributed by atoms with van der Waals surface area (Å²) in [7, 11) is 0. The highest BCUT2D eigenvalue weighted by Gasteiger charge is 2.12. The molecular formula is C15H12N2O2. The van der Waals surface area contributed by atoms with Crippen molar-refractivity contribution < 1.29 is 9.90 Å². The van der Waals surface area contributed by atoms with Crippen molar-refractivity contribution in [3.8, 4) is 11.3 Å². The van der Waals surface area contributed by atoms with Gasteiger partial charge in [-0.25, -0.2) is 4.79 Å². The molecule has 0 spiro atoms. The maximum Gasteiger partial charge on any atom is 0.335 e. The van der Waals surface area contributed by atoms with Crippen LogP contribution in [0.15, 0.2) is 42.5 Å². The molecule has 0 unspecified atom stereocenters. The average Bonchev–Trinajstić information content (AvgIpc) is 2.82. The first-order chi connectivity index (χ1) is 9.16. The van der Waals surface area contributed by atoms with Crippen molar-refractivity contribution in [2.24, 2.45) is 0 Å². The molecule has 0 aliphatic carbocycles. The number of rotatable bonds is 2. The van der Waals surface area contributed by atoms with Crippen molar-refractivity contribution in [3.05, 3.63) is 53.6 Å². The van der Waals surface area contributed by atoms with Crippen molar-refractivity contribution >= 4 is 16.9 Å². The van der Waals surface area contributed by atoms with Crippen LogP contribution in [-0.2, 0) is 0 Å². The van der Waals surface area contributed by atoms with Crippen LogP contribution in [0.4, 0.5) is 0 Å². The molecule has 94 valence electrons. The molecule has 0 radical (unpaired) electrons. The van der Waals surface area contributed by atoms with Gasteiger partial charge in [-0.1, -0.05) is 24.3 Å². The van der Waals surface area contributed by atoms with Crippen molar-refractivity contribution in [3.63, 3.8) is 0 Å². The van der Waals surface area contributed by atoms with Crippen LogP contribution in [0.2, 0.25) is 0 Å². The summed E-state index contributed by atoms with van der Waals surface area (Å²) in [5.41, 5.74) is 4.01. The van der Waals surface area contributed by atoms with Crippen molar-refractivity contribution in [2.75, 3.05) is 0 Å². The number of benzene rings is 2. The Kier molecular flexibility index (Phi) is 2.56. The first-order valence-electron chi connectivity index (χ1n) is 5.94. The molecule has 0 bridgehead atoms. The molecule has 19 heavy (non-hydrogen) atoms. The first-order valence-corrected chi connectivity index (χ1v) is 5.94. The Labute approximate surface area is 109 Å². The molecule has 0 amide bonds. The Bertz CT molecular complexity index is 775. The fraction of sp³-hybridized carbons (Fsp3) is 0.0667. The van der Waals surface area contributed by atoms with E-state index in [-0.39, 0.29) is 5.56 Å². The van der Waals surface area contributed by atoms with Crippen LogP contribution < -0.4 is 0 Å². The third-order valence-corrected chi connectivity index (χ3v) is 3.21. The molecule has 0 saturated carbocycles. The Morgan fingerprint density at radius 3 is 2.74 bits per heavy atom. The smallest absolute Gasteiger partial charge is 0.335 e. The third kappa shape index (κ3) is 1.87. The van der Waals surface area contributed by atoms with E-state index in [1.807, 2.05) is 31.2 Å². The molecular weight excluding hydrogens is 240 g/mol. The zero-order valence-corrected chi connectivity index (χ0v) is 10.3. The fourth-order valence-corrected chi connectivity index (χ4v) is 2.19. The molecule has 2 N–H and O–H groups in total. The van der Waals surface area contributed by atoms with Crippen LogP contribution in [0.25, 0.3) is 22.2 Å². The largest absolute Gasteiger partial charge is 0.478 e. The van der Waals surface area contributed by atoms with Crippen LogP contribution in [0.5, 0.6) is 0 Å². The van der Waals surface area contributed by atoms with Gasteiger partial charge in [-0.05, 0) is 30.7 Å². The lowest BCUT2D eigenvalue weighted by Gasteiger charge is -2.02. The minimum absolute atomic E-state index is 0.267. The molecule has 3 aromatic rings. The van der Waals surface area contributed by atoms with E-state index in [4.69, 9.17) is 5.11 Å². The molecule has 1 aromatic heterocycles. The Morgan fingerprint density at radius 2 is 2.00 bits per heavy atom. The van der Waals surface area contributed by atoms with Gasteiger partial charge in [0, 0.05) is 10.9 Å². The molecule has 2 aromatic carbocycles. The number of aryl methyl sites for hydroxylation is 1. The van der Waals surface area contributed by atoms with Gasteiger partial charge in [0.05, 0.1) is 11.1 Å². The number of aromatic nitrogens is 2. The van der Waals surface area contributed by atoms with Crippen LogP contribution >= 0.6 is 0 Å². The van der Waals surface area contributed by atoms with E-state index in [0.29, 0.717) is 0 Å². The van der Waals surface area contributed by atoms with Gasteiger partial charge in [-0.2, -0.15) is 5.10 Å². The van der Waals surface area contributed by atoms with E-state index in [1.165, 1.54) is 0 Å². The summed E-state index contributed by atoms with van der Waals surface area (Å²) in [5.74, 6) is -0.932. The quantitative estimate of drug-likeness (QED) is 0.735. The topological polar surface area (TPSA) is 66.0 Å². The first kappa shape index (κ1) is 11.5. The summed E-state index contributed by atoms with van der Waals surface area (Å²) in [5, 5.41) is 17.1. The highest BCUT2D eigenvalue weighted by molar-refractivity contribution is 5.99. The standard InChI is InChI=1S/C15H12N2O2/c1-9-4-2-3-5-11(9)14-12-8-10(15(18)19)6-7-13(12)16-17-14/h2-8H,1H3,(H,16,17)(H,18,19). The van der Waals surface area contributed by atoms with E-state index < -0.39 is 5.97 Å². The maximum atomic E-state index is 11.1. The monoisotopic (exact) mass is 252 g/mol. The minimum Gasteiger partial charge on any atom is -0.478 e. The molecule has 0 saturated heterocycles. The SMILES string of the molecule is Cc1ccccc1-c1n[nH]c2ccc(C(=O)O)cc12. The van der Waals surface area contributed by atoms with Crippen LogP contribution in [-0.4, -0.2) is 21.3 Å². The van der Waals surface area contributed by atoms with Crippen molar-refractivity contribution in [1.82, 2.24) is 10.2 Å². The van der Waals surface area contributed by atoms with E-state index in [1.54, 1.807) is 18.2 Å². The van der Waals surface area contributed by atoms with E-state index in [0.717, 1.165) is 27.7 Å². The number of carbonyl (C=O) groups is 1. The highest BCUT2D eigenvalue weighted by Crippen LogP contribution is 2.29. The molecule has 0 aliphatic rings. The van der Waals surface area contributed by atoms with E-state index in [9.17, 15) is 4.79 Å². The Balaban J connectivity index is 2.27. The van der Waals surface area contributed by atoms with Gasteiger partial charge in [-0.15, -0.1) is 0 Å². The summed E-state index contributed by atoms with van der Waals surface area (Å²) < 4.78 is 0. The molecule has 3 rings (SSSR count). The summed E-state index contributed by atoms with van der Waals surface area (Å²) in [6.45, 7) is 2.01. The number of aromatic amines is 1. The molecule has 1 heterocycles. The molecule has 4 nitrogen and oxygen atoms in total. The van der Waals surface area contributed by atoms with Gasteiger partial charge in [0.25, 0.3) is 0 Å². The number of fused-ring (bicyclic) bond motifs is 1. The lowest BCUT2D eigenvalue weighted by atomic mass is 10.0. The Hall–Kier alpha value is -2.62. The lowest BCUT2D eigenvalue weighted by molar-refractivity contribution is 0.0697. The van der Waals surface area contributed by atoms with Gasteiger partial charge in [0.2, 0.25) is 0 Å². The minimum atomic E-state index is -0.932. The zero-order valence-electron chi connectivity index (χ0n) is 10.3. The average molecular weight is 252 g/mol. The van der Waals surface area contributed by atoms with Crippen LogP contribution in [0.3, 0.4) is 0 Å². The number of nitrogens with one attached hydrogen (secondary N) is 1. The summed E-state index contributed by atoms with van der Waals surface area (Å²) in [4.78, 5) is 11.1. The molecule has 4 heteroatoms. The number of nitrogens with zero attached hydrogens (tertiary/aromatic N) is 1. The fourth-order valence-electron chi connectivity index (χ4n) is 2.19. The molecule has 0 aliphatic heterocycles. The zero-order chi connectivity index (χ0) is 13.4. The van der Waals surface area contributed by atoms with Gasteiger partial charge < -0.3 is 5.11 Å². The summed E-state index contributed by atoms with van der Waals surface area (Å²) in [6, 6.07) is 12.9. The van der Waals surface area contributed by atoms with Crippen LogP contribution in [0, 0.1) is 6.92 Å². The lowest BCUT2D eigenvalue weighted by Crippen LogP contribution is -1.95. The van der Waals surface area contributed by atoms with E-state index >= 15 is 0 Å². The van der Waals surface area contributed by atoms with Gasteiger partial charge in [0.15, 0.2) is 0 Å². The van der Waals surface area contributed by atoms with Gasteiger partial charge in [0.1, 0.15) is 5.69 Å². The molecule has 0 atom stereocenters. The van der Waals surface area contributed by atoms with Crippen LogP contribution in [0.1, 0.15) is 15.9 Å². The predicted molar refractivity (Wildman–Crippen MR) is 73.2 cm³/mol. The van der Waals surface area contributed by atoms with Crippen molar-refractivity contribution in [2.45, 2.75) is 6.92 Å². The number of H-pyrrole nitrogens is 1. The second-order valence-corrected chi connectivity index (χ2v) is 4.45. The van der Waals surface area contributed by atoms with E-state index in [2.05, 4.69) is 10.2 Å². The molecule has 0 fully saturated rings. The van der Waals surface area contributed by atoms with Gasteiger partial charge in [-0.3, -0.25) is 5.10 Å². The van der Waals surface area contributed by atoms with Crippen molar-refractivity contribution in [1.29, 1.82) is 0 Å². The Morgan fingerprint density at radius 1 is 1.21 bits per heavy atom. The second-order valence-electron chi connectivity index (χ2n) is 4.45. The third-order valence-electron chi connectivity index (χ3n) is 3.21. The summed E-state index contributed by atoms with van der Waals surface area (Å²) in [6.07, 6.45) is 0.